The average molecular weight is 288 g/mol. The monoisotopic (exact) mass is 288 g/mol. The summed E-state index contributed by atoms with van der Waals surface area (Å²) in [6.45, 7) is 4.50. The number of aryl methyl sites for hydroxylation is 1. The van der Waals surface area contributed by atoms with Crippen LogP contribution in [0.4, 0.5) is 10.1 Å². The molecule has 1 N–H and O–H groups in total. The fraction of sp³-hybridized carbons (Fsp3) is 0.250. The molecular weight excluding hydrogens is 271 g/mol. The summed E-state index contributed by atoms with van der Waals surface area (Å²) in [5, 5.41) is 13.8. The van der Waals surface area contributed by atoms with Crippen LogP contribution in [0.1, 0.15) is 29.7 Å². The first-order chi connectivity index (χ1) is 9.97. The topological polar surface area (TPSA) is 55.2 Å². The van der Waals surface area contributed by atoms with Crippen molar-refractivity contribution in [3.8, 4) is 0 Å². The van der Waals surface area contributed by atoms with Crippen LogP contribution in [-0.2, 0) is 6.54 Å². The van der Waals surface area contributed by atoms with Crippen molar-refractivity contribution >= 4 is 5.69 Å². The fourth-order valence-corrected chi connectivity index (χ4v) is 2.05. The van der Waals surface area contributed by atoms with E-state index in [-0.39, 0.29) is 6.04 Å². The van der Waals surface area contributed by atoms with Gasteiger partial charge in [-0.1, -0.05) is 35.9 Å². The molecule has 0 aliphatic rings. The van der Waals surface area contributed by atoms with Gasteiger partial charge in [-0.05, 0) is 31.0 Å². The maximum absolute atomic E-state index is 13.5. The number of hydrogen-bond donors (Lipinski definition) is 1. The summed E-state index contributed by atoms with van der Waals surface area (Å²) in [5.74, 6) is -0.803. The van der Waals surface area contributed by atoms with Crippen LogP contribution in [0.2, 0.25) is 0 Å². The van der Waals surface area contributed by atoms with E-state index in [9.17, 15) is 14.5 Å². The van der Waals surface area contributed by atoms with E-state index < -0.39 is 16.4 Å². The largest absolute Gasteiger partial charge is 0.306 e. The average Bonchev–Trinajstić information content (AvgIpc) is 2.45. The number of nitrogens with one attached hydrogen (secondary N) is 1. The van der Waals surface area contributed by atoms with Gasteiger partial charge in [-0.15, -0.1) is 0 Å². The summed E-state index contributed by atoms with van der Waals surface area (Å²) in [5.41, 5.74) is 2.52. The fourth-order valence-electron chi connectivity index (χ4n) is 2.05. The zero-order chi connectivity index (χ0) is 15.4. The number of halogens is 1. The maximum Gasteiger partial charge on any atom is 0.304 e. The number of nitrogens with zero attached hydrogens (tertiary/aromatic N) is 1. The highest BCUT2D eigenvalue weighted by Gasteiger charge is 2.14. The van der Waals surface area contributed by atoms with Gasteiger partial charge < -0.3 is 5.32 Å². The molecule has 0 aliphatic carbocycles. The van der Waals surface area contributed by atoms with Gasteiger partial charge in [-0.3, -0.25) is 10.1 Å². The Morgan fingerprint density at radius 3 is 2.48 bits per heavy atom. The number of benzene rings is 2. The van der Waals surface area contributed by atoms with E-state index in [1.54, 1.807) is 6.07 Å². The third kappa shape index (κ3) is 3.86. The van der Waals surface area contributed by atoms with E-state index >= 15 is 0 Å². The molecule has 4 nitrogen and oxygen atoms in total. The summed E-state index contributed by atoms with van der Waals surface area (Å²) >= 11 is 0. The van der Waals surface area contributed by atoms with Gasteiger partial charge in [0, 0.05) is 18.7 Å². The second-order valence-electron chi connectivity index (χ2n) is 5.06. The summed E-state index contributed by atoms with van der Waals surface area (Å²) in [6.07, 6.45) is 0. The van der Waals surface area contributed by atoms with Gasteiger partial charge in [0.25, 0.3) is 0 Å². The Kier molecular flexibility index (Phi) is 4.65. The van der Waals surface area contributed by atoms with Crippen molar-refractivity contribution in [2.24, 2.45) is 0 Å². The number of rotatable bonds is 5. The molecule has 0 fully saturated rings. The number of nitro groups is 1. The first-order valence-corrected chi connectivity index (χ1v) is 6.70. The molecule has 0 unspecified atom stereocenters. The van der Waals surface area contributed by atoms with Crippen molar-refractivity contribution in [2.45, 2.75) is 26.4 Å². The van der Waals surface area contributed by atoms with Gasteiger partial charge in [-0.25, -0.2) is 0 Å². The zero-order valence-electron chi connectivity index (χ0n) is 12.0. The van der Waals surface area contributed by atoms with Crippen LogP contribution >= 0.6 is 0 Å². The van der Waals surface area contributed by atoms with Crippen molar-refractivity contribution < 1.29 is 9.31 Å². The molecule has 0 spiro atoms. The van der Waals surface area contributed by atoms with Crippen molar-refractivity contribution in [3.05, 3.63) is 75.1 Å². The van der Waals surface area contributed by atoms with E-state index in [1.165, 1.54) is 17.7 Å². The first-order valence-electron chi connectivity index (χ1n) is 6.70. The van der Waals surface area contributed by atoms with E-state index in [4.69, 9.17) is 0 Å². The Hall–Kier alpha value is -2.27. The zero-order valence-corrected chi connectivity index (χ0v) is 12.0. The van der Waals surface area contributed by atoms with Gasteiger partial charge in [-0.2, -0.15) is 4.39 Å². The highest BCUT2D eigenvalue weighted by molar-refractivity contribution is 5.35. The SMILES string of the molecule is Cc1ccc([C@H](C)NCc2ccc([N+](=O)[O-])c(F)c2)cc1. The van der Waals surface area contributed by atoms with Crippen LogP contribution < -0.4 is 5.32 Å². The van der Waals surface area contributed by atoms with E-state index in [0.717, 1.165) is 5.56 Å². The number of nitro benzene ring substituents is 1. The third-order valence-corrected chi connectivity index (χ3v) is 3.40. The standard InChI is InChI=1S/C16H17FN2O2/c1-11-3-6-14(7-4-11)12(2)18-10-13-5-8-16(19(20)21)15(17)9-13/h3-9,12,18H,10H2,1-2H3/t12-/m0/s1. The van der Waals surface area contributed by atoms with Gasteiger partial charge in [0.15, 0.2) is 0 Å². The normalized spacial score (nSPS) is 12.1. The van der Waals surface area contributed by atoms with Crippen molar-refractivity contribution in [1.82, 2.24) is 5.32 Å². The molecule has 1 atom stereocenters. The lowest BCUT2D eigenvalue weighted by Crippen LogP contribution is -2.18. The number of hydrogen-bond acceptors (Lipinski definition) is 3. The lowest BCUT2D eigenvalue weighted by molar-refractivity contribution is -0.387. The Balaban J connectivity index is 2.01. The Morgan fingerprint density at radius 2 is 1.90 bits per heavy atom. The molecular formula is C16H17FN2O2. The minimum Gasteiger partial charge on any atom is -0.306 e. The lowest BCUT2D eigenvalue weighted by atomic mass is 10.1. The molecule has 2 rings (SSSR count). The van der Waals surface area contributed by atoms with Crippen LogP contribution in [-0.4, -0.2) is 4.92 Å². The summed E-state index contributed by atoms with van der Waals surface area (Å²) in [4.78, 5) is 9.84. The highest BCUT2D eigenvalue weighted by Crippen LogP contribution is 2.19. The van der Waals surface area contributed by atoms with Gasteiger partial charge >= 0.3 is 5.69 Å². The minimum absolute atomic E-state index is 0.115. The van der Waals surface area contributed by atoms with Crippen molar-refractivity contribution in [2.75, 3.05) is 0 Å². The van der Waals surface area contributed by atoms with Crippen molar-refractivity contribution in [3.63, 3.8) is 0 Å². The molecule has 0 radical (unpaired) electrons. The molecule has 0 saturated carbocycles. The molecule has 0 heterocycles. The molecule has 0 aliphatic heterocycles. The van der Waals surface area contributed by atoms with Gasteiger partial charge in [0.2, 0.25) is 5.82 Å². The summed E-state index contributed by atoms with van der Waals surface area (Å²) < 4.78 is 13.5. The van der Waals surface area contributed by atoms with Gasteiger partial charge in [0.1, 0.15) is 0 Å². The molecule has 2 aromatic carbocycles. The van der Waals surface area contributed by atoms with Crippen LogP contribution in [0.25, 0.3) is 0 Å². The molecule has 5 heteroatoms. The summed E-state index contributed by atoms with van der Waals surface area (Å²) in [6, 6.07) is 12.3. The lowest BCUT2D eigenvalue weighted by Gasteiger charge is -2.14. The quantitative estimate of drug-likeness (QED) is 0.670. The van der Waals surface area contributed by atoms with E-state index in [2.05, 4.69) is 5.32 Å². The van der Waals surface area contributed by atoms with Gasteiger partial charge in [0.05, 0.1) is 4.92 Å². The van der Waals surface area contributed by atoms with Crippen LogP contribution in [0, 0.1) is 22.9 Å². The van der Waals surface area contributed by atoms with Crippen LogP contribution in [0.3, 0.4) is 0 Å². The van der Waals surface area contributed by atoms with E-state index in [1.807, 2.05) is 38.1 Å². The second-order valence-corrected chi connectivity index (χ2v) is 5.06. The Morgan fingerprint density at radius 1 is 1.24 bits per heavy atom. The Labute approximate surface area is 122 Å². The molecule has 0 saturated heterocycles. The maximum atomic E-state index is 13.5. The summed E-state index contributed by atoms with van der Waals surface area (Å²) in [7, 11) is 0. The first kappa shape index (κ1) is 15.1. The minimum atomic E-state index is -0.803. The van der Waals surface area contributed by atoms with Crippen molar-refractivity contribution in [1.29, 1.82) is 0 Å². The third-order valence-electron chi connectivity index (χ3n) is 3.40. The highest BCUT2D eigenvalue weighted by atomic mass is 19.1. The smallest absolute Gasteiger partial charge is 0.304 e. The predicted octanol–water partition coefficient (Wildman–Crippen LogP) is 3.89. The predicted molar refractivity (Wildman–Crippen MR) is 79.5 cm³/mol. The van der Waals surface area contributed by atoms with Crippen LogP contribution in [0.15, 0.2) is 42.5 Å². The molecule has 110 valence electrons. The molecule has 2 aromatic rings. The van der Waals surface area contributed by atoms with Crippen LogP contribution in [0.5, 0.6) is 0 Å². The molecule has 21 heavy (non-hydrogen) atoms. The molecule has 0 amide bonds. The Bertz CT molecular complexity index is 641. The second kappa shape index (κ2) is 6.45. The van der Waals surface area contributed by atoms with E-state index in [0.29, 0.717) is 12.1 Å². The molecule has 0 bridgehead atoms. The molecule has 0 aromatic heterocycles.